The van der Waals surface area contributed by atoms with Crippen LogP contribution >= 0.6 is 0 Å². The third-order valence-electron chi connectivity index (χ3n) is 4.93. The van der Waals surface area contributed by atoms with Gasteiger partial charge in [-0.25, -0.2) is 0 Å². The van der Waals surface area contributed by atoms with Gasteiger partial charge in [0.05, 0.1) is 5.56 Å². The van der Waals surface area contributed by atoms with Crippen molar-refractivity contribution >= 4 is 17.3 Å². The van der Waals surface area contributed by atoms with Crippen LogP contribution in [0, 0.1) is 0 Å². The van der Waals surface area contributed by atoms with Gasteiger partial charge in [-0.05, 0) is 23.8 Å². The number of aliphatic hydroxyl groups excluding tert-OH is 1. The highest BCUT2D eigenvalue weighted by Crippen LogP contribution is 2.46. The lowest BCUT2D eigenvalue weighted by molar-refractivity contribution is -0.128. The molecule has 2 atom stereocenters. The topological polar surface area (TPSA) is 112 Å². The zero-order valence-electron chi connectivity index (χ0n) is 13.5. The smallest absolute Gasteiger partial charge is 0.194 e. The van der Waals surface area contributed by atoms with Crippen LogP contribution in [0.4, 0.5) is 0 Å². The van der Waals surface area contributed by atoms with E-state index in [2.05, 4.69) is 0 Å². The van der Waals surface area contributed by atoms with Crippen molar-refractivity contribution in [3.8, 4) is 11.5 Å². The lowest BCUT2D eigenvalue weighted by atomic mass is 9.72. The Hall–Kier alpha value is -3.25. The van der Waals surface area contributed by atoms with Crippen LogP contribution in [0.25, 0.3) is 0 Å². The van der Waals surface area contributed by atoms with Crippen LogP contribution in [0.1, 0.15) is 50.3 Å². The first-order valence-corrected chi connectivity index (χ1v) is 8.05. The number of hydrogen-bond donors (Lipinski definition) is 3. The van der Waals surface area contributed by atoms with Crippen LogP contribution in [0.5, 0.6) is 11.5 Å². The van der Waals surface area contributed by atoms with Crippen molar-refractivity contribution in [1.29, 1.82) is 0 Å². The number of rotatable bonds is 1. The zero-order chi connectivity index (χ0) is 18.6. The molecule has 0 bridgehead atoms. The van der Waals surface area contributed by atoms with E-state index in [9.17, 15) is 29.7 Å². The summed E-state index contributed by atoms with van der Waals surface area (Å²) in [5.74, 6) is -2.87. The Morgan fingerprint density at radius 2 is 1.62 bits per heavy atom. The first kappa shape index (κ1) is 16.2. The van der Waals surface area contributed by atoms with Crippen molar-refractivity contribution in [3.05, 3.63) is 70.3 Å². The number of allylic oxidation sites excluding steroid dienone is 2. The number of benzene rings is 2. The number of aromatic hydroxyl groups is 2. The van der Waals surface area contributed by atoms with E-state index in [1.807, 2.05) is 0 Å². The van der Waals surface area contributed by atoms with Gasteiger partial charge in [-0.15, -0.1) is 0 Å². The maximum atomic E-state index is 13.0. The zero-order valence-corrected chi connectivity index (χ0v) is 13.5. The third-order valence-corrected chi connectivity index (χ3v) is 4.93. The summed E-state index contributed by atoms with van der Waals surface area (Å²) in [4.78, 5) is 37.6. The largest absolute Gasteiger partial charge is 0.508 e. The van der Waals surface area contributed by atoms with E-state index in [-0.39, 0.29) is 45.7 Å². The quantitative estimate of drug-likeness (QED) is 0.727. The molecular formula is C20H14O6. The predicted octanol–water partition coefficient (Wildman–Crippen LogP) is 2.19. The van der Waals surface area contributed by atoms with Gasteiger partial charge in [0.1, 0.15) is 17.6 Å². The van der Waals surface area contributed by atoms with Gasteiger partial charge in [-0.2, -0.15) is 0 Å². The van der Waals surface area contributed by atoms with Crippen molar-refractivity contribution in [1.82, 2.24) is 0 Å². The molecule has 26 heavy (non-hydrogen) atoms. The van der Waals surface area contributed by atoms with Gasteiger partial charge in [-0.1, -0.05) is 24.3 Å². The Morgan fingerprint density at radius 1 is 0.923 bits per heavy atom. The lowest BCUT2D eigenvalue weighted by Crippen LogP contribution is -2.29. The molecule has 4 rings (SSSR count). The summed E-state index contributed by atoms with van der Waals surface area (Å²) in [6.45, 7) is 0. The summed E-state index contributed by atoms with van der Waals surface area (Å²) in [6, 6.07) is 8.63. The molecule has 6 nitrogen and oxygen atoms in total. The van der Waals surface area contributed by atoms with Gasteiger partial charge in [0.15, 0.2) is 17.3 Å². The summed E-state index contributed by atoms with van der Waals surface area (Å²) in [5, 5.41) is 30.4. The minimum Gasteiger partial charge on any atom is -0.508 e. The van der Waals surface area contributed by atoms with Crippen LogP contribution in [0.2, 0.25) is 0 Å². The lowest BCUT2D eigenvalue weighted by Gasteiger charge is -2.31. The summed E-state index contributed by atoms with van der Waals surface area (Å²) < 4.78 is 0. The van der Waals surface area contributed by atoms with Crippen molar-refractivity contribution < 1.29 is 29.7 Å². The molecule has 0 spiro atoms. The molecule has 2 aromatic rings. The Kier molecular flexibility index (Phi) is 3.52. The van der Waals surface area contributed by atoms with Crippen LogP contribution in [-0.4, -0.2) is 32.7 Å². The Balaban J connectivity index is 1.91. The van der Waals surface area contributed by atoms with Gasteiger partial charge in [0, 0.05) is 29.0 Å². The van der Waals surface area contributed by atoms with E-state index >= 15 is 0 Å². The average molecular weight is 350 g/mol. The Bertz CT molecular complexity index is 1020. The average Bonchev–Trinajstić information content (AvgIpc) is 2.61. The highest BCUT2D eigenvalue weighted by molar-refractivity contribution is 6.26. The number of fused-ring (bicyclic) bond motifs is 2. The van der Waals surface area contributed by atoms with Crippen LogP contribution in [0.3, 0.4) is 0 Å². The van der Waals surface area contributed by atoms with Crippen molar-refractivity contribution in [2.45, 2.75) is 18.4 Å². The summed E-state index contributed by atoms with van der Waals surface area (Å²) in [7, 11) is 0. The van der Waals surface area contributed by atoms with E-state index in [1.165, 1.54) is 36.4 Å². The van der Waals surface area contributed by atoms with Crippen LogP contribution in [-0.2, 0) is 4.79 Å². The molecule has 2 aromatic carbocycles. The molecule has 3 N–H and O–H groups in total. The molecule has 0 unspecified atom stereocenters. The molecule has 0 aromatic heterocycles. The minimum absolute atomic E-state index is 0.0204. The number of phenolic OH excluding ortho intramolecular Hbond substituents is 2. The van der Waals surface area contributed by atoms with Gasteiger partial charge in [0.25, 0.3) is 0 Å². The minimum atomic E-state index is -1.39. The van der Waals surface area contributed by atoms with E-state index in [0.29, 0.717) is 0 Å². The normalized spacial score (nSPS) is 21.9. The molecule has 0 fully saturated rings. The highest BCUT2D eigenvalue weighted by atomic mass is 16.3. The van der Waals surface area contributed by atoms with Gasteiger partial charge >= 0.3 is 0 Å². The summed E-state index contributed by atoms with van der Waals surface area (Å²) in [6.07, 6.45) is -0.459. The molecule has 130 valence electrons. The molecule has 0 heterocycles. The SMILES string of the molecule is O=C1C=C([C@@H]2CC(=O)[C@H](O)c3cccc(O)c32)C(=O)c2c(O)cccc21. The van der Waals surface area contributed by atoms with E-state index in [4.69, 9.17) is 0 Å². The molecule has 0 saturated heterocycles. The summed E-state index contributed by atoms with van der Waals surface area (Å²) >= 11 is 0. The monoisotopic (exact) mass is 350 g/mol. The fourth-order valence-corrected chi connectivity index (χ4v) is 3.71. The van der Waals surface area contributed by atoms with Crippen molar-refractivity contribution in [2.24, 2.45) is 0 Å². The molecule has 0 saturated carbocycles. The number of phenols is 2. The molecule has 0 aliphatic heterocycles. The molecule has 0 amide bonds. The fourth-order valence-electron chi connectivity index (χ4n) is 3.71. The fraction of sp³-hybridized carbons (Fsp3) is 0.150. The van der Waals surface area contributed by atoms with Crippen LogP contribution < -0.4 is 0 Å². The first-order valence-electron chi connectivity index (χ1n) is 8.05. The van der Waals surface area contributed by atoms with Gasteiger partial charge in [-0.3, -0.25) is 14.4 Å². The van der Waals surface area contributed by atoms with E-state index in [0.717, 1.165) is 6.08 Å². The second-order valence-electron chi connectivity index (χ2n) is 6.40. The second-order valence-corrected chi connectivity index (χ2v) is 6.40. The highest BCUT2D eigenvalue weighted by Gasteiger charge is 2.40. The number of Topliss-reactive ketones (excluding diaryl/α,β-unsaturated/α-hetero) is 2. The predicted molar refractivity (Wildman–Crippen MR) is 90.3 cm³/mol. The third kappa shape index (κ3) is 2.19. The number of ketones is 3. The molecule has 2 aliphatic carbocycles. The van der Waals surface area contributed by atoms with Gasteiger partial charge in [0.2, 0.25) is 0 Å². The maximum Gasteiger partial charge on any atom is 0.194 e. The second kappa shape index (κ2) is 5.64. The number of aliphatic hydroxyl groups is 1. The number of hydrogen-bond acceptors (Lipinski definition) is 6. The van der Waals surface area contributed by atoms with Crippen LogP contribution in [0.15, 0.2) is 48.0 Å². The first-order chi connectivity index (χ1) is 12.4. The number of carbonyl (C=O) groups excluding carboxylic acids is 3. The van der Waals surface area contributed by atoms with Gasteiger partial charge < -0.3 is 15.3 Å². The molecule has 0 radical (unpaired) electrons. The van der Waals surface area contributed by atoms with E-state index < -0.39 is 29.4 Å². The maximum absolute atomic E-state index is 13.0. The van der Waals surface area contributed by atoms with Crippen molar-refractivity contribution in [2.75, 3.05) is 0 Å². The number of carbonyl (C=O) groups is 3. The molecule has 2 aliphatic rings. The molecular weight excluding hydrogens is 336 g/mol. The van der Waals surface area contributed by atoms with E-state index in [1.54, 1.807) is 0 Å². The summed E-state index contributed by atoms with van der Waals surface area (Å²) in [5.41, 5.74) is 0.484. The Morgan fingerprint density at radius 3 is 2.38 bits per heavy atom. The van der Waals surface area contributed by atoms with Crippen molar-refractivity contribution in [3.63, 3.8) is 0 Å². The standard InChI is InChI=1S/C20H14O6/c21-13-5-2-4-10-17(13)11(7-16(24)19(10)25)12-8-15(23)9-3-1-6-14(22)18(9)20(12)26/h1-6,8,11,19,21-22,25H,7H2/t11-,19+/m0/s1. The molecule has 6 heteroatoms. The Labute approximate surface area is 148 Å².